The summed E-state index contributed by atoms with van der Waals surface area (Å²) in [6.45, 7) is 3.95. The molecule has 1 aromatic carbocycles. The molecule has 33 heavy (non-hydrogen) atoms. The van der Waals surface area contributed by atoms with Crippen molar-refractivity contribution in [3.05, 3.63) is 35.9 Å². The molecule has 8 nitrogen and oxygen atoms in total. The van der Waals surface area contributed by atoms with E-state index in [2.05, 4.69) is 10.2 Å². The minimum absolute atomic E-state index is 0.0282. The molecule has 1 saturated carbocycles. The molecule has 1 aliphatic heterocycles. The maximum Gasteiger partial charge on any atom is 0.408 e. The number of hydrogen-bond acceptors (Lipinski definition) is 6. The van der Waals surface area contributed by atoms with Gasteiger partial charge in [-0.2, -0.15) is 0 Å². The van der Waals surface area contributed by atoms with Crippen molar-refractivity contribution in [3.8, 4) is 0 Å². The van der Waals surface area contributed by atoms with Gasteiger partial charge >= 0.3 is 6.09 Å². The fourth-order valence-electron chi connectivity index (χ4n) is 4.60. The molecule has 0 radical (unpaired) electrons. The second kappa shape index (κ2) is 12.4. The van der Waals surface area contributed by atoms with Crippen molar-refractivity contribution in [1.29, 1.82) is 0 Å². The summed E-state index contributed by atoms with van der Waals surface area (Å²) in [6, 6.07) is 8.33. The molecule has 3 rings (SSSR count). The van der Waals surface area contributed by atoms with E-state index in [1.165, 1.54) is 32.1 Å². The number of nitrogens with one attached hydrogen (secondary N) is 1. The molecular weight excluding hydrogens is 442 g/mol. The van der Waals surface area contributed by atoms with Crippen LogP contribution in [0.3, 0.4) is 0 Å². The fourth-order valence-corrected chi connectivity index (χ4v) is 5.27. The first-order valence-corrected chi connectivity index (χ1v) is 14.0. The molecule has 1 unspecified atom stereocenters. The van der Waals surface area contributed by atoms with Crippen molar-refractivity contribution in [2.45, 2.75) is 51.2 Å². The lowest BCUT2D eigenvalue weighted by Crippen LogP contribution is -2.55. The van der Waals surface area contributed by atoms with Crippen molar-refractivity contribution in [2.75, 3.05) is 44.7 Å². The third-order valence-electron chi connectivity index (χ3n) is 6.51. The van der Waals surface area contributed by atoms with Crippen molar-refractivity contribution in [2.24, 2.45) is 5.92 Å². The zero-order valence-electron chi connectivity index (χ0n) is 19.6. The third kappa shape index (κ3) is 8.97. The second-order valence-electron chi connectivity index (χ2n) is 9.31. The van der Waals surface area contributed by atoms with Crippen LogP contribution in [0.15, 0.2) is 30.3 Å². The van der Waals surface area contributed by atoms with Gasteiger partial charge in [0.1, 0.15) is 22.5 Å². The normalized spacial score (nSPS) is 19.1. The first-order chi connectivity index (χ1) is 15.8. The number of nitrogens with zero attached hydrogens (tertiary/aromatic N) is 2. The Morgan fingerprint density at radius 3 is 2.36 bits per heavy atom. The number of carbonyl (C=O) groups excluding carboxylic acids is 2. The van der Waals surface area contributed by atoms with Gasteiger partial charge in [0.15, 0.2) is 0 Å². The van der Waals surface area contributed by atoms with Crippen LogP contribution in [0.4, 0.5) is 4.79 Å². The van der Waals surface area contributed by atoms with Gasteiger partial charge < -0.3 is 15.0 Å². The zero-order chi connectivity index (χ0) is 23.7. The smallest absolute Gasteiger partial charge is 0.408 e. The zero-order valence-corrected chi connectivity index (χ0v) is 20.4. The highest BCUT2D eigenvalue weighted by atomic mass is 32.2. The lowest BCUT2D eigenvalue weighted by molar-refractivity contribution is -0.135. The van der Waals surface area contributed by atoms with Gasteiger partial charge in [-0.25, -0.2) is 13.2 Å². The standard InChI is InChI=1S/C24H37N3O5S/c1-33(30,31)17-12-22(25-24(29)32-19-21-10-6-3-7-11-21)23(28)27-15-13-26(14-16-27)18-20-8-4-2-5-9-20/h3,6-7,10-11,20,22H,2,4-5,8-9,12-19H2,1H3,(H,25,29). The molecule has 2 aliphatic rings. The molecule has 1 saturated heterocycles. The molecule has 1 N–H and O–H groups in total. The topological polar surface area (TPSA) is 96.0 Å². The summed E-state index contributed by atoms with van der Waals surface area (Å²) in [7, 11) is -3.27. The van der Waals surface area contributed by atoms with Crippen LogP contribution in [-0.2, 0) is 26.0 Å². The molecule has 0 bridgehead atoms. The Labute approximate surface area is 197 Å². The van der Waals surface area contributed by atoms with Gasteiger partial charge in [-0.1, -0.05) is 49.6 Å². The molecule has 2 amide bonds. The van der Waals surface area contributed by atoms with E-state index in [-0.39, 0.29) is 24.7 Å². The van der Waals surface area contributed by atoms with E-state index in [9.17, 15) is 18.0 Å². The average molecular weight is 480 g/mol. The number of piperazine rings is 1. The highest BCUT2D eigenvalue weighted by Crippen LogP contribution is 2.24. The van der Waals surface area contributed by atoms with Gasteiger partial charge in [-0.3, -0.25) is 9.69 Å². The highest BCUT2D eigenvalue weighted by Gasteiger charge is 2.30. The summed E-state index contributed by atoms with van der Waals surface area (Å²) in [5.74, 6) is 0.335. The third-order valence-corrected chi connectivity index (χ3v) is 7.48. The Kier molecular flexibility index (Phi) is 9.55. The number of carbonyl (C=O) groups is 2. The van der Waals surface area contributed by atoms with Crippen LogP contribution in [0.2, 0.25) is 0 Å². The van der Waals surface area contributed by atoms with Crippen LogP contribution in [0.1, 0.15) is 44.1 Å². The van der Waals surface area contributed by atoms with E-state index in [0.717, 1.165) is 37.4 Å². The van der Waals surface area contributed by atoms with Crippen LogP contribution >= 0.6 is 0 Å². The predicted molar refractivity (Wildman–Crippen MR) is 127 cm³/mol. The van der Waals surface area contributed by atoms with Crippen LogP contribution in [-0.4, -0.2) is 81.0 Å². The predicted octanol–water partition coefficient (Wildman–Crippen LogP) is 2.44. The lowest BCUT2D eigenvalue weighted by Gasteiger charge is -2.38. The maximum atomic E-state index is 13.2. The van der Waals surface area contributed by atoms with E-state index in [1.54, 1.807) is 4.90 Å². The van der Waals surface area contributed by atoms with Gasteiger partial charge in [0.2, 0.25) is 5.91 Å². The molecular formula is C24H37N3O5S. The first-order valence-electron chi connectivity index (χ1n) is 12.0. The van der Waals surface area contributed by atoms with Gasteiger partial charge in [0.25, 0.3) is 0 Å². The monoisotopic (exact) mass is 479 g/mol. The van der Waals surface area contributed by atoms with E-state index in [1.807, 2.05) is 30.3 Å². The molecule has 184 valence electrons. The summed E-state index contributed by atoms with van der Waals surface area (Å²) in [6.07, 6.45) is 7.00. The van der Waals surface area contributed by atoms with Crippen molar-refractivity contribution < 1.29 is 22.7 Å². The number of rotatable bonds is 9. The molecule has 0 aromatic heterocycles. The second-order valence-corrected chi connectivity index (χ2v) is 11.6. The molecule has 1 aliphatic carbocycles. The van der Waals surface area contributed by atoms with Gasteiger partial charge in [0, 0.05) is 39.0 Å². The summed E-state index contributed by atoms with van der Waals surface area (Å²) in [5.41, 5.74) is 0.834. The highest BCUT2D eigenvalue weighted by molar-refractivity contribution is 7.90. The lowest BCUT2D eigenvalue weighted by atomic mass is 9.89. The van der Waals surface area contributed by atoms with E-state index >= 15 is 0 Å². The number of ether oxygens (including phenoxy) is 1. The Balaban J connectivity index is 1.51. The van der Waals surface area contributed by atoms with Gasteiger partial charge in [0.05, 0.1) is 5.75 Å². The van der Waals surface area contributed by atoms with Gasteiger partial charge in [-0.15, -0.1) is 0 Å². The summed E-state index contributed by atoms with van der Waals surface area (Å²) in [5, 5.41) is 2.60. The molecule has 2 fully saturated rings. The van der Waals surface area contributed by atoms with Crippen molar-refractivity contribution in [1.82, 2.24) is 15.1 Å². The van der Waals surface area contributed by atoms with Gasteiger partial charge in [-0.05, 0) is 30.7 Å². The molecule has 0 spiro atoms. The quantitative estimate of drug-likeness (QED) is 0.585. The number of hydrogen-bond donors (Lipinski definition) is 1. The van der Waals surface area contributed by atoms with Crippen molar-refractivity contribution >= 4 is 21.8 Å². The minimum Gasteiger partial charge on any atom is -0.445 e. The number of amides is 2. The summed E-state index contributed by atoms with van der Waals surface area (Å²) >= 11 is 0. The molecule has 9 heteroatoms. The SMILES string of the molecule is CS(=O)(=O)CCC(NC(=O)OCc1ccccc1)C(=O)N1CCN(CC2CCCCC2)CC1. The first kappa shape index (κ1) is 25.5. The van der Waals surface area contributed by atoms with Crippen LogP contribution in [0.5, 0.6) is 0 Å². The molecule has 1 atom stereocenters. The van der Waals surface area contributed by atoms with Crippen LogP contribution in [0, 0.1) is 5.92 Å². The molecule has 1 aromatic rings. The molecule has 1 heterocycles. The largest absolute Gasteiger partial charge is 0.445 e. The van der Waals surface area contributed by atoms with E-state index in [4.69, 9.17) is 4.74 Å². The maximum absolute atomic E-state index is 13.2. The minimum atomic E-state index is -3.27. The Hall–Kier alpha value is -2.13. The average Bonchev–Trinajstić information content (AvgIpc) is 2.81. The summed E-state index contributed by atoms with van der Waals surface area (Å²) < 4.78 is 28.6. The number of sulfone groups is 1. The van der Waals surface area contributed by atoms with Crippen LogP contribution in [0.25, 0.3) is 0 Å². The van der Waals surface area contributed by atoms with Crippen molar-refractivity contribution in [3.63, 3.8) is 0 Å². The van der Waals surface area contributed by atoms with E-state index in [0.29, 0.717) is 13.1 Å². The van der Waals surface area contributed by atoms with E-state index < -0.39 is 22.0 Å². The summed E-state index contributed by atoms with van der Waals surface area (Å²) in [4.78, 5) is 29.7. The number of benzene rings is 1. The fraction of sp³-hybridized carbons (Fsp3) is 0.667. The number of alkyl carbamates (subject to hydrolysis) is 1. The van der Waals surface area contributed by atoms with Crippen LogP contribution < -0.4 is 5.32 Å². The Morgan fingerprint density at radius 2 is 1.73 bits per heavy atom. The Bertz CT molecular complexity index is 863. The Morgan fingerprint density at radius 1 is 1.06 bits per heavy atom.